The Morgan fingerprint density at radius 3 is 2.33 bits per heavy atom. The first-order valence-electron chi connectivity index (χ1n) is 6.98. The molecule has 0 saturated heterocycles. The molecule has 0 radical (unpaired) electrons. The minimum Gasteiger partial charge on any atom is -0.313 e. The van der Waals surface area contributed by atoms with Crippen LogP contribution in [-0.4, -0.2) is 24.1 Å². The van der Waals surface area contributed by atoms with Gasteiger partial charge in [0.25, 0.3) is 0 Å². The van der Waals surface area contributed by atoms with Gasteiger partial charge in [0.05, 0.1) is 0 Å². The molecule has 0 aliphatic rings. The van der Waals surface area contributed by atoms with Gasteiger partial charge in [0.2, 0.25) is 0 Å². The first-order valence-corrected chi connectivity index (χ1v) is 8.14. The van der Waals surface area contributed by atoms with Crippen LogP contribution in [0.2, 0.25) is 0 Å². The molecule has 0 aliphatic carbocycles. The average molecular weight is 265 g/mol. The van der Waals surface area contributed by atoms with Crippen molar-refractivity contribution in [1.29, 1.82) is 0 Å². The third-order valence-electron chi connectivity index (χ3n) is 2.87. The largest absolute Gasteiger partial charge is 0.313 e. The lowest BCUT2D eigenvalue weighted by Gasteiger charge is -2.18. The van der Waals surface area contributed by atoms with Crippen LogP contribution in [0.15, 0.2) is 24.3 Å². The van der Waals surface area contributed by atoms with Crippen LogP contribution in [0.25, 0.3) is 0 Å². The van der Waals surface area contributed by atoms with Crippen LogP contribution in [0, 0.1) is 12.8 Å². The van der Waals surface area contributed by atoms with Crippen molar-refractivity contribution < 1.29 is 0 Å². The summed E-state index contributed by atoms with van der Waals surface area (Å²) < 4.78 is 0. The van der Waals surface area contributed by atoms with E-state index in [0.29, 0.717) is 6.04 Å². The maximum absolute atomic E-state index is 3.60. The van der Waals surface area contributed by atoms with Crippen LogP contribution in [0.5, 0.6) is 0 Å². The van der Waals surface area contributed by atoms with E-state index in [1.807, 2.05) is 0 Å². The summed E-state index contributed by atoms with van der Waals surface area (Å²) >= 11 is 2.07. The molecule has 0 amide bonds. The zero-order chi connectivity index (χ0) is 13.4. The molecule has 0 fully saturated rings. The Bertz CT molecular complexity index is 318. The highest BCUT2D eigenvalue weighted by atomic mass is 32.2. The molecule has 0 heterocycles. The Hall–Kier alpha value is -0.470. The van der Waals surface area contributed by atoms with Gasteiger partial charge in [-0.15, -0.1) is 0 Å². The number of benzene rings is 1. The number of hydrogen-bond acceptors (Lipinski definition) is 2. The third kappa shape index (κ3) is 6.46. The topological polar surface area (TPSA) is 12.0 Å². The molecule has 1 aromatic rings. The molecular formula is C16H27NS. The van der Waals surface area contributed by atoms with Gasteiger partial charge in [-0.05, 0) is 37.1 Å². The number of thioether (sulfide) groups is 1. The van der Waals surface area contributed by atoms with Crippen LogP contribution in [-0.2, 0) is 6.42 Å². The third-order valence-corrected chi connectivity index (χ3v) is 4.41. The normalized spacial score (nSPS) is 12.9. The van der Waals surface area contributed by atoms with Crippen LogP contribution in [0.3, 0.4) is 0 Å². The molecule has 1 unspecified atom stereocenters. The summed E-state index contributed by atoms with van der Waals surface area (Å²) in [6.07, 6.45) is 1.14. The van der Waals surface area contributed by atoms with Gasteiger partial charge in [-0.25, -0.2) is 0 Å². The minimum absolute atomic E-state index is 0.599. The molecule has 0 aliphatic heterocycles. The lowest BCUT2D eigenvalue weighted by molar-refractivity contribution is 0.572. The van der Waals surface area contributed by atoms with E-state index in [9.17, 15) is 0 Å². The van der Waals surface area contributed by atoms with Crippen molar-refractivity contribution in [1.82, 2.24) is 5.32 Å². The summed E-state index contributed by atoms with van der Waals surface area (Å²) in [6.45, 7) is 9.96. The second-order valence-electron chi connectivity index (χ2n) is 5.38. The molecule has 0 spiro atoms. The maximum Gasteiger partial charge on any atom is 0.0198 e. The molecular weight excluding hydrogens is 238 g/mol. The maximum atomic E-state index is 3.60. The summed E-state index contributed by atoms with van der Waals surface area (Å²) in [7, 11) is 0. The highest BCUT2D eigenvalue weighted by Crippen LogP contribution is 2.13. The second-order valence-corrected chi connectivity index (χ2v) is 6.45. The molecule has 102 valence electrons. The zero-order valence-electron chi connectivity index (χ0n) is 12.2. The van der Waals surface area contributed by atoms with Gasteiger partial charge in [-0.3, -0.25) is 0 Å². The van der Waals surface area contributed by atoms with E-state index < -0.39 is 0 Å². The Kier molecular flexibility index (Phi) is 7.45. The molecule has 1 atom stereocenters. The number of hydrogen-bond donors (Lipinski definition) is 1. The summed E-state index contributed by atoms with van der Waals surface area (Å²) in [4.78, 5) is 0. The standard InChI is InChI=1S/C16H27NS/c1-5-17-16(12-18-11-13(2)3)10-15-8-6-14(4)7-9-15/h6-9,13,16-17H,5,10-12H2,1-4H3. The second kappa shape index (κ2) is 8.60. The lowest BCUT2D eigenvalue weighted by atomic mass is 10.1. The molecule has 1 N–H and O–H groups in total. The van der Waals surface area contributed by atoms with Crippen LogP contribution < -0.4 is 5.32 Å². The van der Waals surface area contributed by atoms with E-state index >= 15 is 0 Å². The Morgan fingerprint density at radius 1 is 1.11 bits per heavy atom. The van der Waals surface area contributed by atoms with Crippen molar-refractivity contribution in [3.8, 4) is 0 Å². The molecule has 0 saturated carbocycles. The molecule has 2 heteroatoms. The lowest BCUT2D eigenvalue weighted by Crippen LogP contribution is -2.33. The SMILES string of the molecule is CCNC(CSCC(C)C)Cc1ccc(C)cc1. The van der Waals surface area contributed by atoms with E-state index in [-0.39, 0.29) is 0 Å². The highest BCUT2D eigenvalue weighted by Gasteiger charge is 2.09. The molecule has 1 nitrogen and oxygen atoms in total. The molecule has 1 aromatic carbocycles. The minimum atomic E-state index is 0.599. The van der Waals surface area contributed by atoms with Crippen molar-refractivity contribution in [2.24, 2.45) is 5.92 Å². The van der Waals surface area contributed by atoms with Gasteiger partial charge < -0.3 is 5.32 Å². The fourth-order valence-electron chi connectivity index (χ4n) is 1.93. The predicted molar refractivity (Wildman–Crippen MR) is 84.5 cm³/mol. The van der Waals surface area contributed by atoms with Crippen LogP contribution >= 0.6 is 11.8 Å². The van der Waals surface area contributed by atoms with E-state index in [1.165, 1.54) is 22.6 Å². The molecule has 0 aromatic heterocycles. The van der Waals surface area contributed by atoms with E-state index in [1.54, 1.807) is 0 Å². The van der Waals surface area contributed by atoms with Crippen LogP contribution in [0.4, 0.5) is 0 Å². The van der Waals surface area contributed by atoms with E-state index in [0.717, 1.165) is 18.9 Å². The fourth-order valence-corrected chi connectivity index (χ4v) is 3.06. The first kappa shape index (κ1) is 15.6. The summed E-state index contributed by atoms with van der Waals surface area (Å²) in [5.74, 6) is 3.26. The van der Waals surface area contributed by atoms with Gasteiger partial charge in [-0.2, -0.15) is 11.8 Å². The summed E-state index contributed by atoms with van der Waals surface area (Å²) in [5, 5.41) is 3.60. The summed E-state index contributed by atoms with van der Waals surface area (Å²) in [5.41, 5.74) is 2.78. The van der Waals surface area contributed by atoms with Gasteiger partial charge in [0.1, 0.15) is 0 Å². The highest BCUT2D eigenvalue weighted by molar-refractivity contribution is 7.99. The Morgan fingerprint density at radius 2 is 1.78 bits per heavy atom. The van der Waals surface area contributed by atoms with Crippen molar-refractivity contribution in [2.45, 2.75) is 40.2 Å². The Balaban J connectivity index is 2.43. The zero-order valence-corrected chi connectivity index (χ0v) is 13.0. The van der Waals surface area contributed by atoms with Gasteiger partial charge in [-0.1, -0.05) is 50.6 Å². The number of nitrogens with one attached hydrogen (secondary N) is 1. The quantitative estimate of drug-likeness (QED) is 0.765. The smallest absolute Gasteiger partial charge is 0.0198 e. The molecule has 0 bridgehead atoms. The summed E-state index contributed by atoms with van der Waals surface area (Å²) in [6, 6.07) is 9.53. The predicted octanol–water partition coefficient (Wildman–Crippen LogP) is 3.90. The van der Waals surface area contributed by atoms with Gasteiger partial charge >= 0.3 is 0 Å². The monoisotopic (exact) mass is 265 g/mol. The van der Waals surface area contributed by atoms with Crippen molar-refractivity contribution >= 4 is 11.8 Å². The number of likely N-dealkylation sites (N-methyl/N-ethyl adjacent to an activating group) is 1. The molecule has 1 rings (SSSR count). The van der Waals surface area contributed by atoms with Gasteiger partial charge in [0, 0.05) is 11.8 Å². The van der Waals surface area contributed by atoms with Crippen molar-refractivity contribution in [2.75, 3.05) is 18.1 Å². The first-order chi connectivity index (χ1) is 8.61. The van der Waals surface area contributed by atoms with Gasteiger partial charge in [0.15, 0.2) is 0 Å². The number of rotatable bonds is 8. The van der Waals surface area contributed by atoms with Crippen LogP contribution in [0.1, 0.15) is 31.9 Å². The Labute approximate surface area is 117 Å². The van der Waals surface area contributed by atoms with Crippen molar-refractivity contribution in [3.63, 3.8) is 0 Å². The van der Waals surface area contributed by atoms with E-state index in [4.69, 9.17) is 0 Å². The average Bonchev–Trinajstić information content (AvgIpc) is 2.32. The number of aryl methyl sites for hydroxylation is 1. The van der Waals surface area contributed by atoms with Crippen molar-refractivity contribution in [3.05, 3.63) is 35.4 Å². The fraction of sp³-hybridized carbons (Fsp3) is 0.625. The van der Waals surface area contributed by atoms with E-state index in [2.05, 4.69) is 69.0 Å². The molecule has 18 heavy (non-hydrogen) atoms.